The van der Waals surface area contributed by atoms with E-state index in [1.54, 1.807) is 5.56 Å². The Morgan fingerprint density at radius 3 is 1.13 bits per heavy atom. The van der Waals surface area contributed by atoms with Gasteiger partial charge in [-0.3, -0.25) is 0 Å². The maximum absolute atomic E-state index is 6.41. The van der Waals surface area contributed by atoms with Crippen molar-refractivity contribution in [2.75, 3.05) is 7.11 Å². The predicted molar refractivity (Wildman–Crippen MR) is 351 cm³/mol. The number of methoxy groups -OCH3 is 1. The molecule has 0 saturated carbocycles. The summed E-state index contributed by atoms with van der Waals surface area (Å²) in [6.45, 7) is 58.8. The van der Waals surface area contributed by atoms with Crippen molar-refractivity contribution in [3.63, 3.8) is 0 Å². The number of benzene rings is 6. The van der Waals surface area contributed by atoms with E-state index in [0.29, 0.717) is 11.1 Å². The van der Waals surface area contributed by atoms with Gasteiger partial charge < -0.3 is 4.74 Å². The van der Waals surface area contributed by atoms with Crippen LogP contribution in [0.3, 0.4) is 0 Å². The molecule has 2 heteroatoms. The lowest BCUT2D eigenvalue weighted by Crippen LogP contribution is -2.42. The SMILES string of the molecule is CC1=Cc2cc(C(C)(C)C)c(C)c(-c3ccc(C(C)(C)C)cc3)c2C1.COc1c(C(C)(C)C)cc2c(c1-c1ccc(C(C)(C)C)cc1)C=C(C)C2[Si](C)(C)C1C(C)=Cc2c1cc(C(C)(C)C)c(C)c2-c1ccc(C(C)(C)C)cc1. The molecule has 0 N–H and O–H groups in total. The molecular formula is C77H100OSi. The van der Waals surface area contributed by atoms with E-state index < -0.39 is 8.07 Å². The van der Waals surface area contributed by atoms with Gasteiger partial charge >= 0.3 is 0 Å². The number of allylic oxidation sites excluding steroid dienone is 3. The van der Waals surface area contributed by atoms with Crippen LogP contribution in [0, 0.1) is 13.8 Å². The molecule has 9 rings (SSSR count). The van der Waals surface area contributed by atoms with E-state index in [0.717, 1.165) is 12.2 Å². The Hall–Kier alpha value is -5.44. The Labute approximate surface area is 482 Å². The largest absolute Gasteiger partial charge is 0.496 e. The van der Waals surface area contributed by atoms with Gasteiger partial charge in [-0.15, -0.1) is 0 Å². The van der Waals surface area contributed by atoms with E-state index in [1.807, 2.05) is 7.11 Å². The Bertz CT molecular complexity index is 3410. The third-order valence-corrected chi connectivity index (χ3v) is 22.6. The van der Waals surface area contributed by atoms with Crippen molar-refractivity contribution in [2.24, 2.45) is 0 Å². The molecule has 79 heavy (non-hydrogen) atoms. The van der Waals surface area contributed by atoms with Crippen molar-refractivity contribution in [3.8, 4) is 39.1 Å². The minimum Gasteiger partial charge on any atom is -0.496 e. The van der Waals surface area contributed by atoms with Crippen molar-refractivity contribution in [1.29, 1.82) is 0 Å². The highest BCUT2D eigenvalue weighted by Crippen LogP contribution is 2.58. The molecule has 3 aliphatic rings. The van der Waals surface area contributed by atoms with Crippen LogP contribution in [0.25, 0.3) is 51.6 Å². The highest BCUT2D eigenvalue weighted by atomic mass is 28.3. The van der Waals surface area contributed by atoms with Crippen LogP contribution in [-0.2, 0) is 38.9 Å². The molecule has 0 spiro atoms. The number of hydrogen-bond acceptors (Lipinski definition) is 1. The Morgan fingerprint density at radius 1 is 0.405 bits per heavy atom. The summed E-state index contributed by atoms with van der Waals surface area (Å²) in [6, 6.07) is 35.6. The second-order valence-electron chi connectivity index (χ2n) is 31.1. The molecule has 418 valence electrons. The maximum Gasteiger partial charge on any atom is 0.131 e. The van der Waals surface area contributed by atoms with Crippen LogP contribution in [0.2, 0.25) is 13.1 Å². The normalized spacial score (nSPS) is 16.7. The molecule has 0 fully saturated rings. The van der Waals surface area contributed by atoms with Gasteiger partial charge in [-0.25, -0.2) is 0 Å². The summed E-state index contributed by atoms with van der Waals surface area (Å²) in [6.07, 6.45) is 8.53. The molecule has 0 aromatic heterocycles. The quantitative estimate of drug-likeness (QED) is 0.151. The van der Waals surface area contributed by atoms with Gasteiger partial charge in [-0.05, 0) is 174 Å². The average Bonchev–Trinajstić information content (AvgIpc) is 3.86. The van der Waals surface area contributed by atoms with E-state index >= 15 is 0 Å². The smallest absolute Gasteiger partial charge is 0.131 e. The van der Waals surface area contributed by atoms with Gasteiger partial charge in [0.15, 0.2) is 0 Å². The first kappa shape index (κ1) is 59.7. The number of hydrogen-bond donors (Lipinski definition) is 0. The van der Waals surface area contributed by atoms with E-state index in [4.69, 9.17) is 4.74 Å². The van der Waals surface area contributed by atoms with Crippen molar-refractivity contribution >= 4 is 26.3 Å². The molecular weight excluding hydrogens is 969 g/mol. The highest BCUT2D eigenvalue weighted by Gasteiger charge is 2.49. The number of fused-ring (bicyclic) bond motifs is 3. The number of ether oxygens (including phenoxy) is 1. The zero-order chi connectivity index (χ0) is 58.7. The zero-order valence-corrected chi connectivity index (χ0v) is 55.2. The predicted octanol–water partition coefficient (Wildman–Crippen LogP) is 22.2. The molecule has 0 bridgehead atoms. The summed E-state index contributed by atoms with van der Waals surface area (Å²) >= 11 is 0. The molecule has 6 aromatic carbocycles. The standard InChI is InChI=1S/C52H68OSi.C25H32/c1-31-27-38-40(29-42(51(10,11)12)33(3)44(38)34-19-23-36(24-20-34)49(4,5)6)47(31)54(17,18)48-32(2)28-39-41(48)30-43(52(13,14)15)46(53-16)45(39)35-21-25-37(26-22-35)50(7,8)9;1-16-13-19-15-22(25(6,7)8)17(2)23(21(19)14-16)18-9-11-20(12-10-18)24(3,4)5/h19-30,47-48H,1-18H3;9-13,15H,14H2,1-8H3. The topological polar surface area (TPSA) is 9.23 Å². The molecule has 0 radical (unpaired) electrons. The summed E-state index contributed by atoms with van der Waals surface area (Å²) < 4.78 is 6.41. The summed E-state index contributed by atoms with van der Waals surface area (Å²) in [5.41, 5.74) is 33.8. The summed E-state index contributed by atoms with van der Waals surface area (Å²) in [7, 11) is -0.308. The van der Waals surface area contributed by atoms with Gasteiger partial charge in [-0.2, -0.15) is 0 Å². The first-order valence-corrected chi connectivity index (χ1v) is 32.9. The zero-order valence-electron chi connectivity index (χ0n) is 54.2. The van der Waals surface area contributed by atoms with E-state index in [-0.39, 0.29) is 32.5 Å². The lowest BCUT2D eigenvalue weighted by Gasteiger charge is -2.40. The third-order valence-electron chi connectivity index (χ3n) is 18.1. The van der Waals surface area contributed by atoms with Gasteiger partial charge in [0, 0.05) is 22.2 Å². The fourth-order valence-corrected chi connectivity index (χ4v) is 19.1. The molecule has 1 nitrogen and oxygen atoms in total. The molecule has 2 atom stereocenters. The number of rotatable bonds is 6. The summed E-state index contributed by atoms with van der Waals surface area (Å²) in [5, 5.41) is 0. The molecule has 3 aliphatic carbocycles. The summed E-state index contributed by atoms with van der Waals surface area (Å²) in [4.78, 5) is 0. The van der Waals surface area contributed by atoms with Crippen LogP contribution in [-0.4, -0.2) is 15.2 Å². The monoisotopic (exact) mass is 1070 g/mol. The Balaban J connectivity index is 0.000000273. The van der Waals surface area contributed by atoms with E-state index in [1.165, 1.54) is 122 Å². The first-order chi connectivity index (χ1) is 36.3. The van der Waals surface area contributed by atoms with Crippen LogP contribution in [0.1, 0.15) is 234 Å². The molecule has 0 amide bonds. The van der Waals surface area contributed by atoms with Crippen LogP contribution in [0.5, 0.6) is 5.75 Å². The van der Waals surface area contributed by atoms with E-state index in [9.17, 15) is 0 Å². The van der Waals surface area contributed by atoms with Crippen LogP contribution in [0.15, 0.2) is 108 Å². The van der Waals surface area contributed by atoms with Gasteiger partial charge in [0.1, 0.15) is 5.75 Å². The lowest BCUT2D eigenvalue weighted by atomic mass is 9.78. The van der Waals surface area contributed by atoms with E-state index in [2.05, 4.69) is 282 Å². The molecule has 0 saturated heterocycles. The third kappa shape index (κ3) is 11.3. The average molecular weight is 1070 g/mol. The molecule has 6 aromatic rings. The van der Waals surface area contributed by atoms with Gasteiger partial charge in [0.2, 0.25) is 0 Å². The summed E-state index contributed by atoms with van der Waals surface area (Å²) in [5.74, 6) is 1.02. The Morgan fingerprint density at radius 2 is 0.747 bits per heavy atom. The maximum atomic E-state index is 6.41. The second kappa shape index (κ2) is 20.5. The van der Waals surface area contributed by atoms with Crippen LogP contribution < -0.4 is 4.74 Å². The lowest BCUT2D eigenvalue weighted by molar-refractivity contribution is 0.399. The van der Waals surface area contributed by atoms with Gasteiger partial charge in [0.25, 0.3) is 0 Å². The fraction of sp³-hybridized carbons (Fsp3) is 0.455. The second-order valence-corrected chi connectivity index (χ2v) is 35.9. The minimum absolute atomic E-state index is 0.0251. The van der Waals surface area contributed by atoms with Crippen molar-refractivity contribution in [2.45, 2.75) is 222 Å². The highest BCUT2D eigenvalue weighted by molar-refractivity contribution is 6.81. The van der Waals surface area contributed by atoms with Crippen LogP contribution >= 0.6 is 0 Å². The van der Waals surface area contributed by atoms with Gasteiger partial charge in [0.05, 0.1) is 15.2 Å². The van der Waals surface area contributed by atoms with Crippen molar-refractivity contribution in [3.05, 3.63) is 186 Å². The van der Waals surface area contributed by atoms with Crippen molar-refractivity contribution < 1.29 is 4.74 Å². The molecule has 0 aliphatic heterocycles. The van der Waals surface area contributed by atoms with Gasteiger partial charge in [-0.1, -0.05) is 264 Å². The van der Waals surface area contributed by atoms with Crippen LogP contribution in [0.4, 0.5) is 0 Å². The molecule has 2 unspecified atom stereocenters. The van der Waals surface area contributed by atoms with Crippen molar-refractivity contribution in [1.82, 2.24) is 0 Å². The Kier molecular flexibility index (Phi) is 15.5. The molecule has 0 heterocycles. The fourth-order valence-electron chi connectivity index (χ4n) is 14.1. The first-order valence-electron chi connectivity index (χ1n) is 29.7. The minimum atomic E-state index is -2.17.